The van der Waals surface area contributed by atoms with Crippen LogP contribution in [0.25, 0.3) is 0 Å². The number of rotatable bonds is 2. The van der Waals surface area contributed by atoms with E-state index in [2.05, 4.69) is 4.99 Å². The smallest absolute Gasteiger partial charge is 0.316 e. The topological polar surface area (TPSA) is 105 Å². The van der Waals surface area contributed by atoms with E-state index in [0.717, 1.165) is 5.71 Å². The van der Waals surface area contributed by atoms with Crippen LogP contribution in [-0.2, 0) is 19.1 Å². The number of hydrogen-bond acceptors (Lipinski definition) is 7. The molecule has 1 aliphatic rings. The van der Waals surface area contributed by atoms with Gasteiger partial charge >= 0.3 is 5.97 Å². The van der Waals surface area contributed by atoms with Crippen molar-refractivity contribution in [3.05, 3.63) is 0 Å². The fourth-order valence-corrected chi connectivity index (χ4v) is 4.61. The molecule has 1 saturated heterocycles. The number of Topliss-reactive ketones (excluding diaryl/α,β-unsaturated/α-hetero) is 1. The van der Waals surface area contributed by atoms with Crippen LogP contribution in [0.3, 0.4) is 0 Å². The standard InChI is InChI=1S/C23H41NO6.3C2H6/c1-10-18-23(7,28)20(26)16(5)19(24-8)13(2)12-22(6,29-9)14(3)11-17(25)15(4)21(27)30-18;3*1-2/h13-16,18,20,26,28H,10-12H2,1-9H3;3*1-2H3/t13-,14-,15-,16+,18-,20-,22-,23-;;;/m1.../s1. The molecule has 1 rings (SSSR count). The summed E-state index contributed by atoms with van der Waals surface area (Å²) in [6.07, 6.45) is -1.10. The van der Waals surface area contributed by atoms with E-state index in [1.165, 1.54) is 13.8 Å². The summed E-state index contributed by atoms with van der Waals surface area (Å²) in [5.74, 6) is -2.53. The molecule has 0 aromatic heterocycles. The summed E-state index contributed by atoms with van der Waals surface area (Å²) < 4.78 is 11.4. The average molecular weight is 518 g/mol. The van der Waals surface area contributed by atoms with Gasteiger partial charge in [0.2, 0.25) is 0 Å². The van der Waals surface area contributed by atoms with Gasteiger partial charge in [-0.05, 0) is 45.4 Å². The first-order chi connectivity index (χ1) is 16.8. The molecule has 36 heavy (non-hydrogen) atoms. The van der Waals surface area contributed by atoms with E-state index in [-0.39, 0.29) is 24.0 Å². The SMILES string of the molecule is CC.CC.CC.CC[C@H]1OC(=O)[C@H](C)C(=O)C[C@@H](C)[C@](C)(OC)C[C@@H](C)C(=NC)[C@H](C)[C@@H](O)[C@]1(C)O. The van der Waals surface area contributed by atoms with Gasteiger partial charge in [-0.3, -0.25) is 14.6 Å². The summed E-state index contributed by atoms with van der Waals surface area (Å²) >= 11 is 0. The molecule has 1 heterocycles. The van der Waals surface area contributed by atoms with Crippen molar-refractivity contribution < 1.29 is 29.3 Å². The van der Waals surface area contributed by atoms with Crippen LogP contribution in [0.2, 0.25) is 0 Å². The highest BCUT2D eigenvalue weighted by Gasteiger charge is 2.47. The van der Waals surface area contributed by atoms with Crippen molar-refractivity contribution >= 4 is 17.5 Å². The van der Waals surface area contributed by atoms with E-state index in [0.29, 0.717) is 12.8 Å². The van der Waals surface area contributed by atoms with E-state index in [4.69, 9.17) is 9.47 Å². The second-order valence-electron chi connectivity index (χ2n) is 9.36. The molecule has 0 radical (unpaired) electrons. The lowest BCUT2D eigenvalue weighted by molar-refractivity contribution is -0.186. The van der Waals surface area contributed by atoms with Crippen LogP contribution in [0.15, 0.2) is 4.99 Å². The minimum absolute atomic E-state index is 0.0547. The summed E-state index contributed by atoms with van der Waals surface area (Å²) in [5.41, 5.74) is -1.58. The maximum atomic E-state index is 12.8. The Morgan fingerprint density at radius 2 is 1.50 bits per heavy atom. The third-order valence-electron chi connectivity index (χ3n) is 7.15. The van der Waals surface area contributed by atoms with Crippen molar-refractivity contribution in [3.8, 4) is 0 Å². The minimum Gasteiger partial charge on any atom is -0.459 e. The number of ether oxygens (including phenoxy) is 2. The molecular weight excluding hydrogens is 458 g/mol. The summed E-state index contributed by atoms with van der Waals surface area (Å²) in [4.78, 5) is 29.9. The predicted molar refractivity (Wildman–Crippen MR) is 151 cm³/mol. The molecule has 0 aromatic rings. The molecule has 0 unspecified atom stereocenters. The van der Waals surface area contributed by atoms with Crippen LogP contribution in [0, 0.1) is 23.7 Å². The van der Waals surface area contributed by atoms with Gasteiger partial charge < -0.3 is 19.7 Å². The van der Waals surface area contributed by atoms with E-state index in [1.54, 1.807) is 21.1 Å². The van der Waals surface area contributed by atoms with Gasteiger partial charge in [0.1, 0.15) is 23.4 Å². The number of hydrogen-bond donors (Lipinski definition) is 2. The van der Waals surface area contributed by atoms with Crippen molar-refractivity contribution in [2.45, 2.75) is 133 Å². The lowest BCUT2D eigenvalue weighted by Crippen LogP contribution is -2.56. The maximum Gasteiger partial charge on any atom is 0.316 e. The quantitative estimate of drug-likeness (QED) is 0.350. The Labute approximate surface area is 222 Å². The van der Waals surface area contributed by atoms with E-state index in [9.17, 15) is 19.8 Å². The van der Waals surface area contributed by atoms with E-state index >= 15 is 0 Å². The normalized spacial score (nSPS) is 37.1. The Bertz CT molecular complexity index is 648. The second kappa shape index (κ2) is 18.9. The Hall–Kier alpha value is -1.31. The predicted octanol–water partition coefficient (Wildman–Crippen LogP) is 5.88. The molecule has 7 heteroatoms. The molecule has 1 aliphatic heterocycles. The van der Waals surface area contributed by atoms with E-state index in [1.807, 2.05) is 69.2 Å². The zero-order chi connectivity index (χ0) is 29.4. The van der Waals surface area contributed by atoms with Crippen LogP contribution in [0.5, 0.6) is 0 Å². The number of carbonyl (C=O) groups is 2. The number of aliphatic hydroxyl groups excluding tert-OH is 1. The van der Waals surface area contributed by atoms with Gasteiger partial charge in [-0.25, -0.2) is 0 Å². The number of nitrogens with zero attached hydrogens (tertiary/aromatic N) is 1. The summed E-state index contributed by atoms with van der Waals surface area (Å²) in [5, 5.41) is 22.2. The third-order valence-corrected chi connectivity index (χ3v) is 7.15. The fourth-order valence-electron chi connectivity index (χ4n) is 4.61. The van der Waals surface area contributed by atoms with Gasteiger partial charge in [-0.2, -0.15) is 0 Å². The number of methoxy groups -OCH3 is 1. The molecule has 216 valence electrons. The molecule has 8 atom stereocenters. The summed E-state index contributed by atoms with van der Waals surface area (Å²) in [6.45, 7) is 24.5. The number of esters is 1. The average Bonchev–Trinajstić information content (AvgIpc) is 2.88. The van der Waals surface area contributed by atoms with Crippen molar-refractivity contribution in [2.24, 2.45) is 28.7 Å². The minimum atomic E-state index is -1.70. The highest BCUT2D eigenvalue weighted by molar-refractivity contribution is 5.98. The largest absolute Gasteiger partial charge is 0.459 e. The summed E-state index contributed by atoms with van der Waals surface area (Å²) in [7, 11) is 3.29. The van der Waals surface area contributed by atoms with Gasteiger partial charge in [0.15, 0.2) is 0 Å². The molecule has 0 aliphatic carbocycles. The highest BCUT2D eigenvalue weighted by atomic mass is 16.6. The van der Waals surface area contributed by atoms with Gasteiger partial charge in [-0.15, -0.1) is 0 Å². The number of aliphatic imine (C=N–C) groups is 1. The zero-order valence-corrected chi connectivity index (χ0v) is 26.1. The first-order valence-electron chi connectivity index (χ1n) is 13.9. The Morgan fingerprint density at radius 1 is 1.03 bits per heavy atom. The molecule has 0 aromatic carbocycles. The third kappa shape index (κ3) is 10.2. The molecular formula is C29H59NO6. The van der Waals surface area contributed by atoms with Gasteiger partial charge in [0, 0.05) is 32.2 Å². The highest BCUT2D eigenvalue weighted by Crippen LogP contribution is 2.36. The molecule has 0 saturated carbocycles. The molecule has 0 amide bonds. The number of aliphatic hydroxyl groups is 2. The number of carbonyl (C=O) groups excluding carboxylic acids is 2. The molecule has 1 fully saturated rings. The Balaban J connectivity index is -0.00000168. The number of ketones is 1. The Kier molecular flexibility index (Phi) is 20.5. The monoisotopic (exact) mass is 517 g/mol. The fraction of sp³-hybridized carbons (Fsp3) is 0.897. The van der Waals surface area contributed by atoms with Crippen LogP contribution >= 0.6 is 0 Å². The summed E-state index contributed by atoms with van der Waals surface area (Å²) in [6, 6.07) is 0. The van der Waals surface area contributed by atoms with Gasteiger partial charge in [-0.1, -0.05) is 69.2 Å². The Morgan fingerprint density at radius 3 is 1.89 bits per heavy atom. The van der Waals surface area contributed by atoms with Crippen molar-refractivity contribution in [1.29, 1.82) is 0 Å². The van der Waals surface area contributed by atoms with Crippen LogP contribution in [-0.4, -0.2) is 65.2 Å². The van der Waals surface area contributed by atoms with Crippen molar-refractivity contribution in [1.82, 2.24) is 0 Å². The first-order valence-corrected chi connectivity index (χ1v) is 13.9. The molecule has 2 N–H and O–H groups in total. The van der Waals surface area contributed by atoms with Gasteiger partial charge in [0.25, 0.3) is 0 Å². The maximum absolute atomic E-state index is 12.8. The lowest BCUT2D eigenvalue weighted by atomic mass is 9.73. The second-order valence-corrected chi connectivity index (χ2v) is 9.36. The van der Waals surface area contributed by atoms with Crippen molar-refractivity contribution in [2.75, 3.05) is 14.2 Å². The molecule has 0 spiro atoms. The van der Waals surface area contributed by atoms with Crippen LogP contribution < -0.4 is 0 Å². The zero-order valence-electron chi connectivity index (χ0n) is 26.1. The number of cyclic esters (lactones) is 1. The van der Waals surface area contributed by atoms with Gasteiger partial charge in [0.05, 0.1) is 11.7 Å². The first kappa shape index (κ1) is 39.2. The van der Waals surface area contributed by atoms with Crippen LogP contribution in [0.1, 0.15) is 109 Å². The van der Waals surface area contributed by atoms with Crippen LogP contribution in [0.4, 0.5) is 0 Å². The van der Waals surface area contributed by atoms with Crippen molar-refractivity contribution in [3.63, 3.8) is 0 Å². The lowest BCUT2D eigenvalue weighted by Gasteiger charge is -2.42. The van der Waals surface area contributed by atoms with E-state index < -0.39 is 41.2 Å². The molecule has 0 bridgehead atoms. The molecule has 7 nitrogen and oxygen atoms in total.